The molecule has 0 spiro atoms. The second-order valence-electron chi connectivity index (χ2n) is 5.27. The number of hydrogen-bond donors (Lipinski definition) is 0. The third-order valence-corrected chi connectivity index (χ3v) is 4.07. The average Bonchev–Trinajstić information content (AvgIpc) is 2.97. The number of benzene rings is 2. The highest BCUT2D eigenvalue weighted by atomic mass is 35.5. The van der Waals surface area contributed by atoms with E-state index in [2.05, 4.69) is 10.1 Å². The Kier molecular flexibility index (Phi) is 3.43. The van der Waals surface area contributed by atoms with Crippen LogP contribution in [0, 0.1) is 6.92 Å². The molecule has 0 atom stereocenters. The molecule has 0 aliphatic heterocycles. The van der Waals surface area contributed by atoms with Gasteiger partial charge in [-0.2, -0.15) is 0 Å². The fraction of sp³-hybridized carbons (Fsp3) is 0.0556. The lowest BCUT2D eigenvalue weighted by Crippen LogP contribution is -2.03. The van der Waals surface area contributed by atoms with Gasteiger partial charge in [0, 0.05) is 5.56 Å². The second kappa shape index (κ2) is 5.62. The van der Waals surface area contributed by atoms with Crippen LogP contribution in [0.4, 0.5) is 0 Å². The second-order valence-corrected chi connectivity index (χ2v) is 5.67. The first-order valence-corrected chi connectivity index (χ1v) is 7.64. The van der Waals surface area contributed by atoms with E-state index in [0.717, 1.165) is 0 Å². The molecule has 0 aliphatic carbocycles. The van der Waals surface area contributed by atoms with Crippen LogP contribution in [0.5, 0.6) is 0 Å². The van der Waals surface area contributed by atoms with Gasteiger partial charge in [-0.3, -0.25) is 0 Å². The summed E-state index contributed by atoms with van der Waals surface area (Å²) in [6, 6.07) is 14.3. The van der Waals surface area contributed by atoms with Crippen LogP contribution in [0.25, 0.3) is 33.6 Å². The molecule has 6 heteroatoms. The number of aromatic nitrogens is 2. The molecule has 0 radical (unpaired) electrons. The van der Waals surface area contributed by atoms with Crippen molar-refractivity contribution in [3.05, 3.63) is 69.7 Å². The molecule has 2 aromatic heterocycles. The van der Waals surface area contributed by atoms with E-state index in [1.165, 1.54) is 0 Å². The molecule has 0 saturated heterocycles. The van der Waals surface area contributed by atoms with E-state index in [9.17, 15) is 4.79 Å². The van der Waals surface area contributed by atoms with Gasteiger partial charge in [0.2, 0.25) is 5.89 Å². The van der Waals surface area contributed by atoms with Crippen LogP contribution in [0.15, 0.2) is 62.3 Å². The summed E-state index contributed by atoms with van der Waals surface area (Å²) in [5.41, 5.74) is 1.79. The van der Waals surface area contributed by atoms with Gasteiger partial charge in [-0.05, 0) is 25.1 Å². The molecule has 0 saturated carbocycles. The Morgan fingerprint density at radius 3 is 2.62 bits per heavy atom. The van der Waals surface area contributed by atoms with Crippen LogP contribution in [-0.2, 0) is 0 Å². The Bertz CT molecular complexity index is 1110. The number of nitrogens with zero attached hydrogens (tertiary/aromatic N) is 2. The SMILES string of the molecule is Cc1onc(-c2ccccc2Cl)c1-c1nc2ccccc2c(=O)o1. The van der Waals surface area contributed by atoms with Gasteiger partial charge in [0.25, 0.3) is 0 Å². The largest absolute Gasteiger partial charge is 0.403 e. The smallest absolute Gasteiger partial charge is 0.347 e. The minimum atomic E-state index is -0.457. The summed E-state index contributed by atoms with van der Waals surface area (Å²) in [5, 5.41) is 5.02. The highest BCUT2D eigenvalue weighted by Crippen LogP contribution is 2.36. The molecule has 0 bridgehead atoms. The van der Waals surface area contributed by atoms with E-state index in [0.29, 0.717) is 38.5 Å². The standard InChI is InChI=1S/C18H11ClN2O3/c1-10-15(16(21-24-10)11-6-2-4-8-13(11)19)17-20-14-9-5-3-7-12(14)18(22)23-17/h2-9H,1H3. The molecule has 2 aromatic carbocycles. The van der Waals surface area contributed by atoms with Gasteiger partial charge in [0.05, 0.1) is 15.9 Å². The van der Waals surface area contributed by atoms with Gasteiger partial charge in [0.15, 0.2) is 0 Å². The third kappa shape index (κ3) is 2.30. The number of halogens is 1. The Morgan fingerprint density at radius 1 is 1.04 bits per heavy atom. The number of fused-ring (bicyclic) bond motifs is 1. The van der Waals surface area contributed by atoms with E-state index < -0.39 is 5.63 Å². The molecule has 0 N–H and O–H groups in total. The predicted molar refractivity (Wildman–Crippen MR) is 91.0 cm³/mol. The number of rotatable bonds is 2. The van der Waals surface area contributed by atoms with Gasteiger partial charge in [0.1, 0.15) is 17.0 Å². The highest BCUT2D eigenvalue weighted by molar-refractivity contribution is 6.33. The fourth-order valence-corrected chi connectivity index (χ4v) is 2.81. The topological polar surface area (TPSA) is 69.1 Å². The molecule has 5 nitrogen and oxygen atoms in total. The molecule has 2 heterocycles. The van der Waals surface area contributed by atoms with E-state index in [-0.39, 0.29) is 5.89 Å². The van der Waals surface area contributed by atoms with Crippen LogP contribution >= 0.6 is 11.6 Å². The first-order chi connectivity index (χ1) is 11.6. The van der Waals surface area contributed by atoms with Crippen LogP contribution in [-0.4, -0.2) is 10.1 Å². The molecule has 118 valence electrons. The minimum absolute atomic E-state index is 0.160. The summed E-state index contributed by atoms with van der Waals surface area (Å²) in [7, 11) is 0. The van der Waals surface area contributed by atoms with Gasteiger partial charge >= 0.3 is 5.63 Å². The Hall–Kier alpha value is -2.92. The van der Waals surface area contributed by atoms with Gasteiger partial charge in [-0.1, -0.05) is 47.1 Å². The van der Waals surface area contributed by atoms with Crippen molar-refractivity contribution in [2.45, 2.75) is 6.92 Å². The summed E-state index contributed by atoms with van der Waals surface area (Å²) < 4.78 is 10.7. The highest BCUT2D eigenvalue weighted by Gasteiger charge is 2.22. The monoisotopic (exact) mass is 338 g/mol. The summed E-state index contributed by atoms with van der Waals surface area (Å²) >= 11 is 6.26. The summed E-state index contributed by atoms with van der Waals surface area (Å²) in [6.07, 6.45) is 0. The van der Waals surface area contributed by atoms with E-state index in [1.807, 2.05) is 24.3 Å². The minimum Gasteiger partial charge on any atom is -0.403 e. The van der Waals surface area contributed by atoms with E-state index in [1.54, 1.807) is 31.2 Å². The van der Waals surface area contributed by atoms with Crippen molar-refractivity contribution < 1.29 is 8.94 Å². The number of aryl methyl sites for hydroxylation is 1. The van der Waals surface area contributed by atoms with E-state index in [4.69, 9.17) is 20.5 Å². The Morgan fingerprint density at radius 2 is 1.79 bits per heavy atom. The molecule has 4 aromatic rings. The molecule has 0 amide bonds. The third-order valence-electron chi connectivity index (χ3n) is 3.74. The lowest BCUT2D eigenvalue weighted by atomic mass is 10.1. The van der Waals surface area contributed by atoms with Crippen molar-refractivity contribution in [1.82, 2.24) is 10.1 Å². The van der Waals surface area contributed by atoms with Gasteiger partial charge in [-0.15, -0.1) is 0 Å². The van der Waals surface area contributed by atoms with Crippen LogP contribution in [0.2, 0.25) is 5.02 Å². The van der Waals surface area contributed by atoms with Crippen molar-refractivity contribution in [2.75, 3.05) is 0 Å². The van der Waals surface area contributed by atoms with Crippen LogP contribution < -0.4 is 5.63 Å². The zero-order valence-corrected chi connectivity index (χ0v) is 13.4. The van der Waals surface area contributed by atoms with Crippen molar-refractivity contribution >= 4 is 22.5 Å². The first-order valence-electron chi connectivity index (χ1n) is 7.26. The van der Waals surface area contributed by atoms with E-state index >= 15 is 0 Å². The van der Waals surface area contributed by atoms with Gasteiger partial charge in [-0.25, -0.2) is 9.78 Å². The molecule has 24 heavy (non-hydrogen) atoms. The summed E-state index contributed by atoms with van der Waals surface area (Å²) in [6.45, 7) is 1.74. The summed E-state index contributed by atoms with van der Waals surface area (Å²) in [5.74, 6) is 0.656. The maximum Gasteiger partial charge on any atom is 0.347 e. The van der Waals surface area contributed by atoms with Crippen LogP contribution in [0.1, 0.15) is 5.76 Å². The predicted octanol–water partition coefficient (Wildman–Crippen LogP) is 4.47. The zero-order chi connectivity index (χ0) is 16.7. The molecule has 0 unspecified atom stereocenters. The summed E-state index contributed by atoms with van der Waals surface area (Å²) in [4.78, 5) is 16.7. The molecule has 0 fully saturated rings. The van der Waals surface area contributed by atoms with Gasteiger partial charge < -0.3 is 8.94 Å². The number of para-hydroxylation sites is 1. The first kappa shape index (κ1) is 14.7. The quantitative estimate of drug-likeness (QED) is 0.539. The maximum atomic E-state index is 12.2. The van der Waals surface area contributed by atoms with Crippen molar-refractivity contribution in [3.63, 3.8) is 0 Å². The Balaban J connectivity index is 2.00. The van der Waals surface area contributed by atoms with Crippen molar-refractivity contribution in [3.8, 4) is 22.7 Å². The molecule has 4 rings (SSSR count). The lowest BCUT2D eigenvalue weighted by molar-refractivity contribution is 0.399. The lowest BCUT2D eigenvalue weighted by Gasteiger charge is -2.04. The Labute approximate surface area is 141 Å². The molecular weight excluding hydrogens is 328 g/mol. The van der Waals surface area contributed by atoms with Crippen LogP contribution in [0.3, 0.4) is 0 Å². The molecular formula is C18H11ClN2O3. The normalized spacial score (nSPS) is 11.1. The van der Waals surface area contributed by atoms with Crippen molar-refractivity contribution in [1.29, 1.82) is 0 Å². The maximum absolute atomic E-state index is 12.2. The van der Waals surface area contributed by atoms with Crippen molar-refractivity contribution in [2.24, 2.45) is 0 Å². The molecule has 0 aliphatic rings. The average molecular weight is 339 g/mol. The zero-order valence-electron chi connectivity index (χ0n) is 12.6. The number of hydrogen-bond acceptors (Lipinski definition) is 5. The fourth-order valence-electron chi connectivity index (χ4n) is 2.59.